The zero-order chi connectivity index (χ0) is 24.1. The normalized spacial score (nSPS) is 11.8. The van der Waals surface area contributed by atoms with Gasteiger partial charge >= 0.3 is 0 Å². The van der Waals surface area contributed by atoms with Gasteiger partial charge < -0.3 is 14.9 Å². The summed E-state index contributed by atoms with van der Waals surface area (Å²) in [5.41, 5.74) is 6.01. The number of halogens is 1. The zero-order valence-electron chi connectivity index (χ0n) is 19.4. The third kappa shape index (κ3) is 3.64. The van der Waals surface area contributed by atoms with Crippen LogP contribution in [0, 0.1) is 12.7 Å². The van der Waals surface area contributed by atoms with E-state index < -0.39 is 5.82 Å². The highest BCUT2D eigenvalue weighted by molar-refractivity contribution is 5.97. The summed E-state index contributed by atoms with van der Waals surface area (Å²) in [6, 6.07) is 7.70. The number of hydrogen-bond acceptors (Lipinski definition) is 6. The highest BCUT2D eigenvalue weighted by Gasteiger charge is 2.21. The molecule has 0 unspecified atom stereocenters. The largest absolute Gasteiger partial charge is 0.342 e. The smallest absolute Gasteiger partial charge is 0.161 e. The average Bonchev–Trinajstić information content (AvgIpc) is 3.56. The van der Waals surface area contributed by atoms with Crippen LogP contribution in [-0.2, 0) is 6.54 Å². The van der Waals surface area contributed by atoms with Crippen molar-refractivity contribution < 1.29 is 4.39 Å². The van der Waals surface area contributed by atoms with Gasteiger partial charge in [0.25, 0.3) is 0 Å². The van der Waals surface area contributed by atoms with Crippen molar-refractivity contribution in [1.82, 2.24) is 45.0 Å². The van der Waals surface area contributed by atoms with Crippen LogP contribution in [0.1, 0.15) is 11.3 Å². The van der Waals surface area contributed by atoms with Gasteiger partial charge in [-0.05, 0) is 44.8 Å². The van der Waals surface area contributed by atoms with E-state index in [9.17, 15) is 0 Å². The van der Waals surface area contributed by atoms with Crippen LogP contribution in [0.5, 0.6) is 0 Å². The maximum atomic E-state index is 15.9. The second-order valence-corrected chi connectivity index (χ2v) is 8.80. The van der Waals surface area contributed by atoms with Crippen LogP contribution in [-0.4, -0.2) is 59.1 Å². The fourth-order valence-electron chi connectivity index (χ4n) is 4.30. The maximum Gasteiger partial charge on any atom is 0.161 e. The average molecular weight is 468 g/mol. The molecule has 0 atom stereocenters. The van der Waals surface area contributed by atoms with Crippen molar-refractivity contribution >= 4 is 21.9 Å². The Morgan fingerprint density at radius 2 is 1.83 bits per heavy atom. The Bertz CT molecular complexity index is 1690. The summed E-state index contributed by atoms with van der Waals surface area (Å²) in [7, 11) is 3.95. The molecule has 3 N–H and O–H groups in total. The predicted octanol–water partition coefficient (Wildman–Crippen LogP) is 4.46. The van der Waals surface area contributed by atoms with E-state index in [2.05, 4.69) is 35.1 Å². The van der Waals surface area contributed by atoms with Gasteiger partial charge in [0.2, 0.25) is 0 Å². The van der Waals surface area contributed by atoms with E-state index in [1.54, 1.807) is 24.8 Å². The van der Waals surface area contributed by atoms with Gasteiger partial charge in [0.1, 0.15) is 17.2 Å². The fourth-order valence-corrected chi connectivity index (χ4v) is 4.30. The molecule has 1 aromatic carbocycles. The Hall–Kier alpha value is -4.44. The molecule has 0 aliphatic rings. The third-order valence-corrected chi connectivity index (χ3v) is 5.81. The Morgan fingerprint density at radius 1 is 0.943 bits per heavy atom. The molecule has 5 aromatic heterocycles. The van der Waals surface area contributed by atoms with Gasteiger partial charge in [-0.25, -0.2) is 14.4 Å². The van der Waals surface area contributed by atoms with Crippen LogP contribution < -0.4 is 0 Å². The van der Waals surface area contributed by atoms with E-state index in [-0.39, 0.29) is 5.69 Å². The molecule has 35 heavy (non-hydrogen) atoms. The van der Waals surface area contributed by atoms with Crippen molar-refractivity contribution in [2.75, 3.05) is 14.1 Å². The van der Waals surface area contributed by atoms with Crippen LogP contribution in [0.2, 0.25) is 0 Å². The van der Waals surface area contributed by atoms with Crippen molar-refractivity contribution in [3.8, 4) is 34.2 Å². The molecular weight excluding hydrogens is 445 g/mol. The highest BCUT2D eigenvalue weighted by Crippen LogP contribution is 2.34. The summed E-state index contributed by atoms with van der Waals surface area (Å²) >= 11 is 0. The number of para-hydroxylation sites is 1. The molecular formula is C25H22FN9. The van der Waals surface area contributed by atoms with Gasteiger partial charge in [-0.15, -0.1) is 0 Å². The number of imidazole rings is 2. The van der Waals surface area contributed by atoms with Gasteiger partial charge in [0.05, 0.1) is 28.1 Å². The number of nitrogens with one attached hydrogen (secondary N) is 3. The molecule has 174 valence electrons. The van der Waals surface area contributed by atoms with Gasteiger partial charge in [-0.3, -0.25) is 15.1 Å². The Labute approximate surface area is 199 Å². The molecule has 0 bridgehead atoms. The topological polar surface area (TPSA) is 115 Å². The summed E-state index contributed by atoms with van der Waals surface area (Å²) in [5, 5.41) is 7.58. The molecule has 9 nitrogen and oxygen atoms in total. The molecule has 0 fully saturated rings. The number of fused-ring (bicyclic) bond motifs is 2. The van der Waals surface area contributed by atoms with E-state index >= 15 is 4.39 Å². The van der Waals surface area contributed by atoms with Crippen molar-refractivity contribution in [3.05, 3.63) is 66.1 Å². The number of nitrogens with zero attached hydrogens (tertiary/aromatic N) is 6. The number of H-pyrrole nitrogens is 3. The van der Waals surface area contributed by atoms with E-state index in [4.69, 9.17) is 4.98 Å². The van der Waals surface area contributed by atoms with E-state index in [1.807, 2.05) is 50.2 Å². The summed E-state index contributed by atoms with van der Waals surface area (Å²) < 4.78 is 15.9. The number of benzene rings is 1. The number of pyridine rings is 2. The van der Waals surface area contributed by atoms with Gasteiger partial charge in [-0.2, -0.15) is 5.10 Å². The van der Waals surface area contributed by atoms with E-state index in [0.717, 1.165) is 33.7 Å². The Kier molecular flexibility index (Phi) is 4.89. The number of hydrogen-bond donors (Lipinski definition) is 3. The lowest BCUT2D eigenvalue weighted by molar-refractivity contribution is 0.402. The summed E-state index contributed by atoms with van der Waals surface area (Å²) in [6.45, 7) is 2.64. The quantitative estimate of drug-likeness (QED) is 0.345. The van der Waals surface area contributed by atoms with Crippen molar-refractivity contribution in [1.29, 1.82) is 0 Å². The molecule has 6 rings (SSSR count). The number of aryl methyl sites for hydroxylation is 1. The lowest BCUT2D eigenvalue weighted by Gasteiger charge is -2.10. The minimum absolute atomic E-state index is 0.219. The third-order valence-electron chi connectivity index (χ3n) is 5.81. The molecule has 0 aliphatic carbocycles. The van der Waals surface area contributed by atoms with Gasteiger partial charge in [-0.1, -0.05) is 6.07 Å². The highest BCUT2D eigenvalue weighted by atomic mass is 19.1. The molecule has 0 amide bonds. The van der Waals surface area contributed by atoms with Crippen molar-refractivity contribution in [3.63, 3.8) is 0 Å². The SMILES string of the molecule is Cc1cnc(-c2cccc3[nH]c(-c4n[nH]c5cnc(-c6cncc(CN(C)C)c6)c(F)c45)nc23)[nH]1. The fraction of sp³-hybridized carbons (Fsp3) is 0.160. The minimum atomic E-state index is -0.475. The molecule has 0 radical (unpaired) electrons. The zero-order valence-corrected chi connectivity index (χ0v) is 19.4. The van der Waals surface area contributed by atoms with Gasteiger partial charge in [0.15, 0.2) is 11.6 Å². The molecule has 0 saturated carbocycles. The summed E-state index contributed by atoms with van der Waals surface area (Å²) in [6.07, 6.45) is 6.75. The summed E-state index contributed by atoms with van der Waals surface area (Å²) in [5.74, 6) is 0.704. The van der Waals surface area contributed by atoms with Crippen LogP contribution in [0.4, 0.5) is 4.39 Å². The Morgan fingerprint density at radius 3 is 2.63 bits per heavy atom. The summed E-state index contributed by atoms with van der Waals surface area (Å²) in [4.78, 5) is 26.4. The number of rotatable bonds is 5. The molecule has 0 saturated heterocycles. The van der Waals surface area contributed by atoms with Crippen molar-refractivity contribution in [2.45, 2.75) is 13.5 Å². The van der Waals surface area contributed by atoms with E-state index in [0.29, 0.717) is 34.5 Å². The molecule has 0 spiro atoms. The van der Waals surface area contributed by atoms with Crippen molar-refractivity contribution in [2.24, 2.45) is 0 Å². The lowest BCUT2D eigenvalue weighted by Crippen LogP contribution is -2.10. The molecule has 0 aliphatic heterocycles. The second-order valence-electron chi connectivity index (χ2n) is 8.80. The van der Waals surface area contributed by atoms with E-state index in [1.165, 1.54) is 0 Å². The van der Waals surface area contributed by atoms with Gasteiger partial charge in [0, 0.05) is 42.0 Å². The first kappa shape index (κ1) is 21.1. The second kappa shape index (κ2) is 8.10. The number of aromatic amines is 3. The monoisotopic (exact) mass is 467 g/mol. The minimum Gasteiger partial charge on any atom is -0.342 e. The van der Waals surface area contributed by atoms with Crippen LogP contribution in [0.15, 0.2) is 49.1 Å². The molecule has 6 aromatic rings. The first-order valence-electron chi connectivity index (χ1n) is 11.1. The first-order chi connectivity index (χ1) is 17.0. The van der Waals surface area contributed by atoms with Crippen LogP contribution >= 0.6 is 0 Å². The maximum absolute atomic E-state index is 15.9. The molecule has 5 heterocycles. The molecule has 10 heteroatoms. The van der Waals surface area contributed by atoms with Crippen LogP contribution in [0.25, 0.3) is 56.1 Å². The Balaban J connectivity index is 1.49. The lowest BCUT2D eigenvalue weighted by atomic mass is 10.1. The number of aromatic nitrogens is 8. The standard InChI is InChI=1S/C25H22FN9/c1-13-8-29-24(30-13)16-5-4-6-17-22(16)32-25(31-17)23-19-18(33-34-23)11-28-21(20(19)26)15-7-14(9-27-10-15)12-35(2)3/h4-11H,12H2,1-3H3,(H,29,30)(H,31,32)(H,33,34). The predicted molar refractivity (Wildman–Crippen MR) is 132 cm³/mol. The van der Waals surface area contributed by atoms with Crippen LogP contribution in [0.3, 0.4) is 0 Å². The first-order valence-corrected chi connectivity index (χ1v) is 11.1.